The lowest BCUT2D eigenvalue weighted by atomic mass is 9.92. The van der Waals surface area contributed by atoms with Gasteiger partial charge in [0.15, 0.2) is 0 Å². The Morgan fingerprint density at radius 3 is 2.17 bits per heavy atom. The van der Waals surface area contributed by atoms with E-state index in [1.54, 1.807) is 6.07 Å². The monoisotopic (exact) mass is 409 g/mol. The van der Waals surface area contributed by atoms with Gasteiger partial charge in [-0.2, -0.15) is 0 Å². The van der Waals surface area contributed by atoms with Crippen LogP contribution in [0.2, 0.25) is 0 Å². The van der Waals surface area contributed by atoms with Crippen molar-refractivity contribution in [2.75, 3.05) is 11.0 Å². The number of sulfonamides is 1. The van der Waals surface area contributed by atoms with Gasteiger partial charge in [-0.3, -0.25) is 4.72 Å². The predicted octanol–water partition coefficient (Wildman–Crippen LogP) is 5.49. The van der Waals surface area contributed by atoms with Crippen molar-refractivity contribution in [2.24, 2.45) is 0 Å². The van der Waals surface area contributed by atoms with Crippen LogP contribution in [0.25, 0.3) is 21.8 Å². The zero-order valence-corrected chi connectivity index (χ0v) is 18.0. The molecule has 0 aliphatic carbocycles. The smallest absolute Gasteiger partial charge is 0.229 e. The second-order valence-corrected chi connectivity index (χ2v) is 10.0. The predicted molar refractivity (Wildman–Crippen MR) is 121 cm³/mol. The molecule has 4 aromatic rings. The van der Waals surface area contributed by atoms with Gasteiger partial charge in [0.2, 0.25) is 10.0 Å². The van der Waals surface area contributed by atoms with E-state index in [2.05, 4.69) is 59.9 Å². The van der Waals surface area contributed by atoms with Gasteiger partial charge in [0.25, 0.3) is 0 Å². The zero-order chi connectivity index (χ0) is 20.8. The Balaban J connectivity index is 1.65. The number of aromatic nitrogens is 2. The topological polar surface area (TPSA) is 77.8 Å². The Morgan fingerprint density at radius 1 is 0.897 bits per heavy atom. The summed E-state index contributed by atoms with van der Waals surface area (Å²) in [6, 6.07) is 12.2. The summed E-state index contributed by atoms with van der Waals surface area (Å²) in [7, 11) is -3.30. The molecule has 2 aromatic heterocycles. The number of aromatic amines is 2. The fourth-order valence-electron chi connectivity index (χ4n) is 4.08. The molecule has 3 N–H and O–H groups in total. The lowest BCUT2D eigenvalue weighted by Crippen LogP contribution is -2.09. The number of nitrogens with one attached hydrogen (secondary N) is 3. The molecule has 0 radical (unpaired) electrons. The van der Waals surface area contributed by atoms with Gasteiger partial charge in [-0.1, -0.05) is 26.8 Å². The number of anilines is 1. The first kappa shape index (κ1) is 19.6. The lowest BCUT2D eigenvalue weighted by Gasteiger charge is -2.12. The molecule has 0 fully saturated rings. The van der Waals surface area contributed by atoms with Gasteiger partial charge in [0, 0.05) is 39.9 Å². The van der Waals surface area contributed by atoms with E-state index < -0.39 is 10.0 Å². The summed E-state index contributed by atoms with van der Waals surface area (Å²) in [6.45, 7) is 6.64. The minimum Gasteiger partial charge on any atom is -0.361 e. The molecule has 1 atom stereocenters. The summed E-state index contributed by atoms with van der Waals surface area (Å²) >= 11 is 0. The van der Waals surface area contributed by atoms with Gasteiger partial charge in [-0.05, 0) is 65.3 Å². The molecule has 0 spiro atoms. The average molecular weight is 410 g/mol. The molecule has 4 rings (SSSR count). The molecule has 0 aliphatic heterocycles. The lowest BCUT2D eigenvalue weighted by molar-refractivity contribution is 0.607. The van der Waals surface area contributed by atoms with E-state index in [1.165, 1.54) is 33.8 Å². The van der Waals surface area contributed by atoms with Crippen molar-refractivity contribution in [2.45, 2.75) is 39.0 Å². The van der Waals surface area contributed by atoms with E-state index in [0.29, 0.717) is 11.6 Å². The highest BCUT2D eigenvalue weighted by molar-refractivity contribution is 7.92. The second kappa shape index (κ2) is 7.26. The molecule has 0 saturated carbocycles. The third-order valence-electron chi connectivity index (χ3n) is 5.49. The van der Waals surface area contributed by atoms with Crippen LogP contribution in [0.3, 0.4) is 0 Å². The maximum absolute atomic E-state index is 11.6. The third kappa shape index (κ3) is 4.03. The standard InChI is InChI=1S/C23H27N3O2S/c1-14(2)20-12-24-22-7-5-16(10-18(20)22)9-15(3)21-13-25-23-8-6-17(11-19(21)23)26-29(4,27)28/h5-8,10-15,24-26H,9H2,1-4H3. The van der Waals surface area contributed by atoms with Gasteiger partial charge in [-0.25, -0.2) is 8.42 Å². The van der Waals surface area contributed by atoms with Gasteiger partial charge < -0.3 is 9.97 Å². The normalized spacial score (nSPS) is 13.4. The van der Waals surface area contributed by atoms with Crippen molar-refractivity contribution >= 4 is 37.5 Å². The van der Waals surface area contributed by atoms with Gasteiger partial charge in [0.1, 0.15) is 0 Å². The molecule has 0 aliphatic rings. The minimum atomic E-state index is -3.30. The number of benzene rings is 2. The van der Waals surface area contributed by atoms with E-state index in [-0.39, 0.29) is 5.92 Å². The zero-order valence-electron chi connectivity index (χ0n) is 17.2. The Morgan fingerprint density at radius 2 is 1.52 bits per heavy atom. The third-order valence-corrected chi connectivity index (χ3v) is 6.10. The van der Waals surface area contributed by atoms with Crippen LogP contribution >= 0.6 is 0 Å². The first-order chi connectivity index (χ1) is 13.7. The molecule has 2 heterocycles. The number of hydrogen-bond acceptors (Lipinski definition) is 2. The van der Waals surface area contributed by atoms with Crippen LogP contribution in [0, 0.1) is 0 Å². The second-order valence-electron chi connectivity index (χ2n) is 8.26. The van der Waals surface area contributed by atoms with E-state index in [1.807, 2.05) is 18.3 Å². The van der Waals surface area contributed by atoms with E-state index in [9.17, 15) is 8.42 Å². The molecule has 29 heavy (non-hydrogen) atoms. The number of hydrogen-bond donors (Lipinski definition) is 3. The summed E-state index contributed by atoms with van der Waals surface area (Å²) < 4.78 is 25.7. The summed E-state index contributed by atoms with van der Waals surface area (Å²) in [6.07, 6.45) is 6.22. The van der Waals surface area contributed by atoms with Crippen molar-refractivity contribution < 1.29 is 8.42 Å². The summed E-state index contributed by atoms with van der Waals surface area (Å²) in [5.41, 5.74) is 6.60. The van der Waals surface area contributed by atoms with Crippen LogP contribution in [-0.4, -0.2) is 24.6 Å². The molecule has 152 valence electrons. The highest BCUT2D eigenvalue weighted by Gasteiger charge is 2.15. The molecular weight excluding hydrogens is 382 g/mol. The highest BCUT2D eigenvalue weighted by Crippen LogP contribution is 2.32. The fourth-order valence-corrected chi connectivity index (χ4v) is 4.64. The van der Waals surface area contributed by atoms with Gasteiger partial charge >= 0.3 is 0 Å². The average Bonchev–Trinajstić information content (AvgIpc) is 3.23. The maximum Gasteiger partial charge on any atom is 0.229 e. The first-order valence-corrected chi connectivity index (χ1v) is 11.8. The molecule has 0 bridgehead atoms. The van der Waals surface area contributed by atoms with Gasteiger partial charge in [0.05, 0.1) is 6.26 Å². The molecule has 1 unspecified atom stereocenters. The van der Waals surface area contributed by atoms with E-state index >= 15 is 0 Å². The van der Waals surface area contributed by atoms with E-state index in [4.69, 9.17) is 0 Å². The summed E-state index contributed by atoms with van der Waals surface area (Å²) in [4.78, 5) is 6.68. The van der Waals surface area contributed by atoms with Crippen LogP contribution in [-0.2, 0) is 16.4 Å². The number of rotatable bonds is 6. The largest absolute Gasteiger partial charge is 0.361 e. The van der Waals surface area contributed by atoms with Crippen LogP contribution < -0.4 is 4.72 Å². The molecule has 0 amide bonds. The minimum absolute atomic E-state index is 0.288. The van der Waals surface area contributed by atoms with Crippen molar-refractivity contribution in [3.8, 4) is 0 Å². The van der Waals surface area contributed by atoms with Crippen LogP contribution in [0.4, 0.5) is 5.69 Å². The quantitative estimate of drug-likeness (QED) is 0.394. The summed E-state index contributed by atoms with van der Waals surface area (Å²) in [5.74, 6) is 0.766. The molecule has 5 nitrogen and oxygen atoms in total. The molecule has 6 heteroatoms. The maximum atomic E-state index is 11.6. The van der Waals surface area contributed by atoms with Crippen molar-refractivity contribution in [1.82, 2.24) is 9.97 Å². The highest BCUT2D eigenvalue weighted by atomic mass is 32.2. The number of H-pyrrole nitrogens is 2. The number of fused-ring (bicyclic) bond motifs is 2. The SMILES string of the molecule is CC(C)c1c[nH]c2ccc(CC(C)c3c[nH]c4ccc(NS(C)(=O)=O)cc34)cc12. The van der Waals surface area contributed by atoms with Crippen molar-refractivity contribution in [3.05, 3.63) is 65.5 Å². The molecule has 0 saturated heterocycles. The van der Waals surface area contributed by atoms with Crippen LogP contribution in [0.1, 0.15) is 49.3 Å². The molecular formula is C23H27N3O2S. The Hall–Kier alpha value is -2.73. The fraction of sp³-hybridized carbons (Fsp3) is 0.304. The molecule has 2 aromatic carbocycles. The van der Waals surface area contributed by atoms with Crippen molar-refractivity contribution in [1.29, 1.82) is 0 Å². The van der Waals surface area contributed by atoms with Crippen LogP contribution in [0.15, 0.2) is 48.8 Å². The van der Waals surface area contributed by atoms with Crippen LogP contribution in [0.5, 0.6) is 0 Å². The Labute approximate surface area is 171 Å². The Kier molecular flexibility index (Phi) is 4.90. The Bertz CT molecular complexity index is 1280. The van der Waals surface area contributed by atoms with Crippen molar-refractivity contribution in [3.63, 3.8) is 0 Å². The summed E-state index contributed by atoms with van der Waals surface area (Å²) in [5, 5.41) is 2.35. The first-order valence-electron chi connectivity index (χ1n) is 9.90. The van der Waals surface area contributed by atoms with E-state index in [0.717, 1.165) is 17.3 Å². The van der Waals surface area contributed by atoms with Gasteiger partial charge in [-0.15, -0.1) is 0 Å².